The van der Waals surface area contributed by atoms with Crippen LogP contribution in [0, 0.1) is 11.3 Å². The van der Waals surface area contributed by atoms with Gasteiger partial charge in [-0.15, -0.1) is 0 Å². The van der Waals surface area contributed by atoms with Crippen LogP contribution < -0.4 is 0 Å². The van der Waals surface area contributed by atoms with Crippen molar-refractivity contribution in [1.82, 2.24) is 0 Å². The van der Waals surface area contributed by atoms with Crippen molar-refractivity contribution >= 4 is 0 Å². The average Bonchev–Trinajstić information content (AvgIpc) is 2.39. The molecule has 78 valence electrons. The smallest absolute Gasteiger partial charge is 0.0991 e. The largest absolute Gasteiger partial charge is 0.392 e. The maximum Gasteiger partial charge on any atom is 0.0991 e. The zero-order valence-electron chi connectivity index (χ0n) is 8.72. The van der Waals surface area contributed by atoms with Crippen LogP contribution >= 0.6 is 0 Å². The number of nitriles is 1. The fourth-order valence-corrected chi connectivity index (χ4v) is 1.54. The maximum absolute atomic E-state index is 8.93. The molecule has 2 heteroatoms. The zero-order valence-corrected chi connectivity index (χ0v) is 8.72. The minimum absolute atomic E-state index is 0.0631. The number of benzene rings is 2. The summed E-state index contributed by atoms with van der Waals surface area (Å²) in [6.07, 6.45) is 0. The molecular weight excluding hydrogens is 198 g/mol. The molecule has 0 amide bonds. The van der Waals surface area contributed by atoms with E-state index in [-0.39, 0.29) is 6.61 Å². The summed E-state index contributed by atoms with van der Waals surface area (Å²) < 4.78 is 0. The van der Waals surface area contributed by atoms with Crippen LogP contribution in [0.15, 0.2) is 48.5 Å². The van der Waals surface area contributed by atoms with E-state index in [1.807, 2.05) is 36.4 Å². The molecule has 16 heavy (non-hydrogen) atoms. The third-order valence-corrected chi connectivity index (χ3v) is 2.48. The van der Waals surface area contributed by atoms with E-state index in [1.165, 1.54) is 0 Å². The Kier molecular flexibility index (Phi) is 3.00. The van der Waals surface area contributed by atoms with Crippen LogP contribution in [0.25, 0.3) is 11.1 Å². The first-order valence-corrected chi connectivity index (χ1v) is 5.04. The molecule has 0 saturated heterocycles. The molecule has 0 radical (unpaired) electrons. The van der Waals surface area contributed by atoms with Gasteiger partial charge < -0.3 is 5.11 Å². The van der Waals surface area contributed by atoms with E-state index in [2.05, 4.69) is 6.07 Å². The van der Waals surface area contributed by atoms with Crippen LogP contribution in [-0.2, 0) is 6.61 Å². The van der Waals surface area contributed by atoms with Crippen LogP contribution in [0.4, 0.5) is 0 Å². The lowest BCUT2D eigenvalue weighted by molar-refractivity contribution is 0.282. The number of aliphatic hydroxyl groups is 1. The van der Waals surface area contributed by atoms with Gasteiger partial charge in [0.1, 0.15) is 0 Å². The van der Waals surface area contributed by atoms with Gasteiger partial charge in [-0.2, -0.15) is 5.26 Å². The zero-order chi connectivity index (χ0) is 11.4. The Hall–Kier alpha value is -2.11. The molecular formula is C14H11NO. The summed E-state index contributed by atoms with van der Waals surface area (Å²) in [5, 5.41) is 17.6. The van der Waals surface area contributed by atoms with Crippen LogP contribution in [0.2, 0.25) is 0 Å². The van der Waals surface area contributed by atoms with Crippen molar-refractivity contribution in [2.75, 3.05) is 0 Å². The minimum atomic E-state index is 0.0631. The second kappa shape index (κ2) is 4.61. The predicted octanol–water partition coefficient (Wildman–Crippen LogP) is 2.72. The maximum atomic E-state index is 8.93. The second-order valence-electron chi connectivity index (χ2n) is 3.54. The molecule has 0 saturated carbocycles. The summed E-state index contributed by atoms with van der Waals surface area (Å²) in [7, 11) is 0. The number of hydrogen-bond acceptors (Lipinski definition) is 2. The highest BCUT2D eigenvalue weighted by atomic mass is 16.3. The average molecular weight is 209 g/mol. The molecule has 0 aliphatic heterocycles. The van der Waals surface area contributed by atoms with E-state index in [4.69, 9.17) is 10.4 Å². The molecule has 2 aromatic carbocycles. The Bertz CT molecular complexity index is 506. The van der Waals surface area contributed by atoms with Crippen molar-refractivity contribution in [3.63, 3.8) is 0 Å². The van der Waals surface area contributed by atoms with Crippen LogP contribution in [0.1, 0.15) is 11.1 Å². The van der Waals surface area contributed by atoms with Gasteiger partial charge in [-0.25, -0.2) is 0 Å². The Balaban J connectivity index is 2.32. The lowest BCUT2D eigenvalue weighted by Gasteiger charge is -2.02. The molecule has 2 aromatic rings. The first kappa shape index (κ1) is 10.4. The van der Waals surface area contributed by atoms with Gasteiger partial charge in [0.05, 0.1) is 18.2 Å². The van der Waals surface area contributed by atoms with Crippen LogP contribution in [-0.4, -0.2) is 5.11 Å². The summed E-state index contributed by atoms with van der Waals surface area (Å²) in [6, 6.07) is 17.3. The van der Waals surface area contributed by atoms with Crippen LogP contribution in [0.5, 0.6) is 0 Å². The van der Waals surface area contributed by atoms with Crippen molar-refractivity contribution in [2.24, 2.45) is 0 Å². The van der Waals surface area contributed by atoms with Crippen molar-refractivity contribution < 1.29 is 5.11 Å². The molecule has 0 atom stereocenters. The number of aliphatic hydroxyl groups excluding tert-OH is 1. The third kappa shape index (κ3) is 2.10. The normalized spacial score (nSPS) is 9.75. The highest BCUT2D eigenvalue weighted by Crippen LogP contribution is 2.20. The Morgan fingerprint density at radius 3 is 1.81 bits per heavy atom. The van der Waals surface area contributed by atoms with E-state index < -0.39 is 0 Å². The highest BCUT2D eigenvalue weighted by molar-refractivity contribution is 5.64. The predicted molar refractivity (Wildman–Crippen MR) is 62.5 cm³/mol. The molecule has 1 N–H and O–H groups in total. The van der Waals surface area contributed by atoms with E-state index in [0.717, 1.165) is 16.7 Å². The van der Waals surface area contributed by atoms with Crippen molar-refractivity contribution in [1.29, 1.82) is 5.26 Å². The van der Waals surface area contributed by atoms with E-state index in [1.54, 1.807) is 12.1 Å². The first-order chi connectivity index (χ1) is 7.83. The standard InChI is InChI=1S/C14H11NO/c15-9-11-1-5-13(6-2-11)14-7-3-12(10-16)4-8-14/h1-8,16H,10H2. The molecule has 0 unspecified atom stereocenters. The molecule has 2 nitrogen and oxygen atoms in total. The monoisotopic (exact) mass is 209 g/mol. The number of hydrogen-bond donors (Lipinski definition) is 1. The van der Waals surface area contributed by atoms with Crippen molar-refractivity contribution in [3.05, 3.63) is 59.7 Å². The van der Waals surface area contributed by atoms with E-state index in [0.29, 0.717) is 5.56 Å². The summed E-state index contributed by atoms with van der Waals surface area (Å²) in [6.45, 7) is 0.0631. The van der Waals surface area contributed by atoms with Gasteiger partial charge in [0.2, 0.25) is 0 Å². The molecule has 0 heterocycles. The SMILES string of the molecule is N#Cc1ccc(-c2ccc(CO)cc2)cc1. The first-order valence-electron chi connectivity index (χ1n) is 5.04. The fraction of sp³-hybridized carbons (Fsp3) is 0.0714. The summed E-state index contributed by atoms with van der Waals surface area (Å²) >= 11 is 0. The quantitative estimate of drug-likeness (QED) is 0.826. The Morgan fingerprint density at radius 1 is 0.875 bits per heavy atom. The van der Waals surface area contributed by atoms with E-state index in [9.17, 15) is 0 Å². The lowest BCUT2D eigenvalue weighted by atomic mass is 10.0. The molecule has 0 aliphatic carbocycles. The minimum Gasteiger partial charge on any atom is -0.392 e. The van der Waals surface area contributed by atoms with Gasteiger partial charge in [-0.3, -0.25) is 0 Å². The lowest BCUT2D eigenvalue weighted by Crippen LogP contribution is -1.83. The van der Waals surface area contributed by atoms with Gasteiger partial charge in [-0.05, 0) is 28.8 Å². The van der Waals surface area contributed by atoms with Gasteiger partial charge in [0.25, 0.3) is 0 Å². The topological polar surface area (TPSA) is 44.0 Å². The molecule has 0 aromatic heterocycles. The molecule has 0 fully saturated rings. The summed E-state index contributed by atoms with van der Waals surface area (Å²) in [4.78, 5) is 0. The molecule has 2 rings (SSSR count). The number of nitrogens with zero attached hydrogens (tertiary/aromatic N) is 1. The number of rotatable bonds is 2. The van der Waals surface area contributed by atoms with Gasteiger partial charge in [0, 0.05) is 0 Å². The Morgan fingerprint density at radius 2 is 1.38 bits per heavy atom. The molecule has 0 spiro atoms. The van der Waals surface area contributed by atoms with Gasteiger partial charge in [-0.1, -0.05) is 36.4 Å². The molecule has 0 bridgehead atoms. The molecule has 0 aliphatic rings. The fourth-order valence-electron chi connectivity index (χ4n) is 1.54. The second-order valence-corrected chi connectivity index (χ2v) is 3.54. The Labute approximate surface area is 94.4 Å². The van der Waals surface area contributed by atoms with Crippen molar-refractivity contribution in [3.8, 4) is 17.2 Å². The van der Waals surface area contributed by atoms with E-state index >= 15 is 0 Å². The van der Waals surface area contributed by atoms with Gasteiger partial charge >= 0.3 is 0 Å². The third-order valence-electron chi connectivity index (χ3n) is 2.48. The summed E-state index contributed by atoms with van der Waals surface area (Å²) in [5.41, 5.74) is 3.72. The van der Waals surface area contributed by atoms with Crippen LogP contribution in [0.3, 0.4) is 0 Å². The van der Waals surface area contributed by atoms with Crippen molar-refractivity contribution in [2.45, 2.75) is 6.61 Å². The summed E-state index contributed by atoms with van der Waals surface area (Å²) in [5.74, 6) is 0. The highest BCUT2D eigenvalue weighted by Gasteiger charge is 1.98. The van der Waals surface area contributed by atoms with Gasteiger partial charge in [0.15, 0.2) is 0 Å².